The Kier molecular flexibility index (Phi) is 8.19. The van der Waals surface area contributed by atoms with Crippen LogP contribution >= 0.6 is 0 Å². The molecule has 0 bridgehead atoms. The van der Waals surface area contributed by atoms with Crippen LogP contribution < -0.4 is 14.9 Å². The summed E-state index contributed by atoms with van der Waals surface area (Å²) in [6, 6.07) is 16.7. The van der Waals surface area contributed by atoms with Crippen LogP contribution in [0.4, 0.5) is 0 Å². The molecule has 0 amide bonds. The Morgan fingerprint density at radius 3 is 2.12 bits per heavy atom. The molecule has 0 fully saturated rings. The second kappa shape index (κ2) is 11.7. The molecule has 3 aromatic carbocycles. The lowest BCUT2D eigenvalue weighted by molar-refractivity contribution is -0.112. The summed E-state index contributed by atoms with van der Waals surface area (Å²) >= 11 is 0. The number of hydrogen-bond donors (Lipinski definition) is 2. The van der Waals surface area contributed by atoms with Crippen molar-refractivity contribution in [1.82, 2.24) is 0 Å². The van der Waals surface area contributed by atoms with Crippen LogP contribution in [0.5, 0.6) is 17.2 Å². The van der Waals surface area contributed by atoms with Gasteiger partial charge in [-0.15, -0.1) is 0 Å². The van der Waals surface area contributed by atoms with Gasteiger partial charge >= 0.3 is 0 Å². The molecule has 0 atom stereocenters. The first-order valence-corrected chi connectivity index (χ1v) is 12.4. The number of ether oxygens (including phenoxy) is 2. The van der Waals surface area contributed by atoms with Gasteiger partial charge in [0, 0.05) is 16.7 Å². The van der Waals surface area contributed by atoms with E-state index in [0.717, 1.165) is 11.1 Å². The molecule has 1 aliphatic rings. The Balaban J connectivity index is 0.000000189. The first kappa shape index (κ1) is 27.9. The fourth-order valence-corrected chi connectivity index (χ4v) is 4.24. The molecule has 204 valence electrons. The number of phenols is 1. The predicted molar refractivity (Wildman–Crippen MR) is 152 cm³/mol. The first-order valence-electron chi connectivity index (χ1n) is 12.4. The van der Waals surface area contributed by atoms with Gasteiger partial charge in [0.25, 0.3) is 0 Å². The maximum absolute atomic E-state index is 12.6. The van der Waals surface area contributed by atoms with Crippen molar-refractivity contribution < 1.29 is 33.7 Å². The molecule has 40 heavy (non-hydrogen) atoms. The number of hydrogen-bond acceptors (Lipinski definition) is 8. The number of carbonyl (C=O) groups excluding carboxylic acids is 2. The number of Topliss-reactive ketones (excluding diaryl/α,β-unsaturated/α-hetero) is 2. The Bertz CT molecular complexity index is 1720. The van der Waals surface area contributed by atoms with Gasteiger partial charge in [-0.1, -0.05) is 48.0 Å². The molecule has 1 aliphatic carbocycles. The third kappa shape index (κ3) is 5.37. The minimum atomic E-state index is -0.608. The molecule has 2 N–H and O–H groups in total. The van der Waals surface area contributed by atoms with Crippen molar-refractivity contribution in [2.45, 2.75) is 20.3 Å². The molecular formula is C32H28O8. The Labute approximate surface area is 230 Å². The van der Waals surface area contributed by atoms with Gasteiger partial charge in [-0.05, 0) is 50.1 Å². The van der Waals surface area contributed by atoms with Crippen molar-refractivity contribution in [3.8, 4) is 28.4 Å². The maximum Gasteiger partial charge on any atom is 0.234 e. The molecule has 5 rings (SSSR count). The number of benzene rings is 3. The van der Waals surface area contributed by atoms with Gasteiger partial charge in [0.05, 0.1) is 25.2 Å². The van der Waals surface area contributed by atoms with Crippen LogP contribution in [-0.2, 0) is 4.79 Å². The highest BCUT2D eigenvalue weighted by Crippen LogP contribution is 2.34. The van der Waals surface area contributed by atoms with Crippen molar-refractivity contribution in [3.63, 3.8) is 0 Å². The fraction of sp³-hybridized carbons (Fsp3) is 0.156. The number of fused-ring (bicyclic) bond motifs is 2. The smallest absolute Gasteiger partial charge is 0.234 e. The Morgan fingerprint density at radius 1 is 0.825 bits per heavy atom. The van der Waals surface area contributed by atoms with Crippen LogP contribution in [0.3, 0.4) is 0 Å². The van der Waals surface area contributed by atoms with Crippen molar-refractivity contribution in [2.24, 2.45) is 0 Å². The van der Waals surface area contributed by atoms with Crippen LogP contribution in [-0.4, -0.2) is 36.0 Å². The first-order chi connectivity index (χ1) is 19.2. The van der Waals surface area contributed by atoms with Gasteiger partial charge < -0.3 is 24.1 Å². The Hall–Kier alpha value is -5.11. The lowest BCUT2D eigenvalue weighted by Gasteiger charge is -2.16. The quantitative estimate of drug-likeness (QED) is 0.225. The zero-order valence-electron chi connectivity index (χ0n) is 22.5. The SMILES string of the molecule is CC(C)=CCC1=C(O)c2ccccc2C(=O)C1=O.COc1ccc(-c2coc3c(OC)c(O)ccc3c2=O)cc1. The van der Waals surface area contributed by atoms with Crippen molar-refractivity contribution in [1.29, 1.82) is 0 Å². The van der Waals surface area contributed by atoms with E-state index in [9.17, 15) is 24.6 Å². The van der Waals surface area contributed by atoms with Gasteiger partial charge in [0.15, 0.2) is 11.3 Å². The van der Waals surface area contributed by atoms with E-state index >= 15 is 0 Å². The fourth-order valence-electron chi connectivity index (χ4n) is 4.24. The van der Waals surface area contributed by atoms with Crippen LogP contribution in [0, 0.1) is 0 Å². The third-order valence-corrected chi connectivity index (χ3v) is 6.39. The predicted octanol–water partition coefficient (Wildman–Crippen LogP) is 6.26. The summed E-state index contributed by atoms with van der Waals surface area (Å²) in [6.45, 7) is 3.81. The maximum atomic E-state index is 12.6. The minimum absolute atomic E-state index is 0.0738. The lowest BCUT2D eigenvalue weighted by atomic mass is 9.87. The summed E-state index contributed by atoms with van der Waals surface area (Å²) in [5, 5.41) is 20.2. The molecule has 0 unspecified atom stereocenters. The summed E-state index contributed by atoms with van der Waals surface area (Å²) in [4.78, 5) is 36.5. The number of aliphatic hydroxyl groups excluding tert-OH is 1. The van der Waals surface area contributed by atoms with E-state index in [0.29, 0.717) is 22.3 Å². The van der Waals surface area contributed by atoms with Gasteiger partial charge in [0.2, 0.25) is 22.7 Å². The molecular weight excluding hydrogens is 512 g/mol. The molecule has 8 heteroatoms. The van der Waals surface area contributed by atoms with Crippen molar-refractivity contribution in [2.75, 3.05) is 14.2 Å². The highest BCUT2D eigenvalue weighted by molar-refractivity contribution is 6.52. The van der Waals surface area contributed by atoms with E-state index in [1.165, 1.54) is 25.5 Å². The molecule has 1 heterocycles. The van der Waals surface area contributed by atoms with Crippen LogP contribution in [0.2, 0.25) is 0 Å². The largest absolute Gasteiger partial charge is 0.507 e. The third-order valence-electron chi connectivity index (χ3n) is 6.39. The molecule has 0 aliphatic heterocycles. The average molecular weight is 541 g/mol. The number of rotatable bonds is 5. The lowest BCUT2D eigenvalue weighted by Crippen LogP contribution is -2.23. The number of phenolic OH excluding ortho intramolecular Hbond substituents is 1. The van der Waals surface area contributed by atoms with Gasteiger partial charge in [0.1, 0.15) is 17.8 Å². The van der Waals surface area contributed by atoms with E-state index in [2.05, 4.69) is 0 Å². The summed E-state index contributed by atoms with van der Waals surface area (Å²) < 4.78 is 15.7. The normalized spacial score (nSPS) is 12.4. The number of aliphatic hydroxyl groups is 1. The zero-order chi connectivity index (χ0) is 29.0. The second-order valence-corrected chi connectivity index (χ2v) is 9.22. The monoisotopic (exact) mass is 540 g/mol. The molecule has 0 saturated carbocycles. The number of carbonyl (C=O) groups is 2. The molecule has 0 radical (unpaired) electrons. The van der Waals surface area contributed by atoms with Crippen molar-refractivity contribution in [3.05, 3.63) is 105 Å². The number of allylic oxidation sites excluding steroid dienone is 3. The molecule has 8 nitrogen and oxygen atoms in total. The van der Waals surface area contributed by atoms with E-state index in [-0.39, 0.29) is 45.8 Å². The summed E-state index contributed by atoms with van der Waals surface area (Å²) in [6.07, 6.45) is 3.48. The molecule has 0 saturated heterocycles. The highest BCUT2D eigenvalue weighted by Gasteiger charge is 2.31. The van der Waals surface area contributed by atoms with Crippen molar-refractivity contribution >= 4 is 28.3 Å². The molecule has 4 aromatic rings. The number of ketones is 2. The standard InChI is InChI=1S/C17H14O5.C15H14O3/c1-20-11-5-3-10(4-6-11)13-9-22-16-12(15(13)19)7-8-14(18)17(16)21-2;1-9(2)7-8-12-13(16)10-5-3-4-6-11(10)14(17)15(12)18/h3-9,18H,1-2H3;3-7,16H,8H2,1-2H3. The average Bonchev–Trinajstić information content (AvgIpc) is 2.96. The van der Waals surface area contributed by atoms with E-state index in [4.69, 9.17) is 13.9 Å². The number of methoxy groups -OCH3 is 2. The van der Waals surface area contributed by atoms with Gasteiger partial charge in [-0.3, -0.25) is 14.4 Å². The zero-order valence-corrected chi connectivity index (χ0v) is 22.5. The topological polar surface area (TPSA) is 123 Å². The molecule has 0 spiro atoms. The summed E-state index contributed by atoms with van der Waals surface area (Å²) in [5.41, 5.74) is 3.13. The van der Waals surface area contributed by atoms with E-state index in [1.54, 1.807) is 55.6 Å². The Morgan fingerprint density at radius 2 is 1.50 bits per heavy atom. The van der Waals surface area contributed by atoms with Crippen LogP contribution in [0.1, 0.15) is 36.2 Å². The minimum Gasteiger partial charge on any atom is -0.507 e. The molecule has 1 aromatic heterocycles. The van der Waals surface area contributed by atoms with Crippen LogP contribution in [0.15, 0.2) is 93.4 Å². The van der Waals surface area contributed by atoms with Crippen LogP contribution in [0.25, 0.3) is 27.9 Å². The highest BCUT2D eigenvalue weighted by atomic mass is 16.5. The number of aromatic hydroxyl groups is 1. The van der Waals surface area contributed by atoms with E-state index < -0.39 is 11.6 Å². The summed E-state index contributed by atoms with van der Waals surface area (Å²) in [5.74, 6) is -0.441. The van der Waals surface area contributed by atoms with Gasteiger partial charge in [-0.2, -0.15) is 0 Å². The van der Waals surface area contributed by atoms with E-state index in [1.807, 2.05) is 19.9 Å². The van der Waals surface area contributed by atoms with Gasteiger partial charge in [-0.25, -0.2) is 0 Å². The second-order valence-electron chi connectivity index (χ2n) is 9.22. The summed E-state index contributed by atoms with van der Waals surface area (Å²) in [7, 11) is 2.99.